The van der Waals surface area contributed by atoms with E-state index in [1.807, 2.05) is 20.8 Å². The predicted octanol–water partition coefficient (Wildman–Crippen LogP) is 5.86. The Balaban J connectivity index is -0.000000223. The number of aryl methyl sites for hydroxylation is 4. The van der Waals surface area contributed by atoms with Crippen LogP contribution in [0.15, 0.2) is 6.07 Å². The van der Waals surface area contributed by atoms with Gasteiger partial charge in [0.05, 0.1) is 29.6 Å². The molecule has 219 valence electrons. The van der Waals surface area contributed by atoms with E-state index < -0.39 is 14.2 Å². The number of hydrogen-bond acceptors (Lipinski definition) is 8. The molecule has 0 aromatic carbocycles. The number of nitrogens with zero attached hydrogens (tertiary/aromatic N) is 4. The molecule has 2 rings (SSSR count). The van der Waals surface area contributed by atoms with Crippen LogP contribution in [-0.4, -0.2) is 73.3 Å². The van der Waals surface area contributed by atoms with E-state index in [9.17, 15) is 9.59 Å². The summed E-state index contributed by atoms with van der Waals surface area (Å²) >= 11 is 16.0. The number of halogens is 5. The van der Waals surface area contributed by atoms with Crippen molar-refractivity contribution in [1.29, 1.82) is 0 Å². The minimum absolute atomic E-state index is 0. The number of alkyl halides is 2. The summed E-state index contributed by atoms with van der Waals surface area (Å²) in [6, 6.07) is 1.74. The summed E-state index contributed by atoms with van der Waals surface area (Å²) in [5.41, 5.74) is 2.36. The Morgan fingerprint density at radius 1 is 0.895 bits per heavy atom. The first-order valence-corrected chi connectivity index (χ1v) is 15.2. The molecule has 0 aliphatic carbocycles. The quantitative estimate of drug-likeness (QED) is 0.157. The van der Waals surface area contributed by atoms with E-state index in [2.05, 4.69) is 31.6 Å². The molecule has 0 fully saturated rings. The van der Waals surface area contributed by atoms with Gasteiger partial charge in [0.1, 0.15) is 5.69 Å². The standard InChI is InChI=1S/C9H13ClN2O2.C9H14N2O2.C2H4Cl2.CH4.B.Cl2O2S/c1-4-12-8(9(13)14-5-2)7(10)6(3)11-12;1-4-11-8(6-7(3)10-11)9(12)13-5-2;3-1-2-4;;;1-5(2,3)4/h4-5H2,1-3H3;6H,4-5H2,1-3H3;1-2H2;1H4;;. The lowest BCUT2D eigenvalue weighted by Gasteiger charge is -2.03. The van der Waals surface area contributed by atoms with E-state index in [4.69, 9.17) is 52.7 Å². The largest absolute Gasteiger partial charge is 0.461 e. The van der Waals surface area contributed by atoms with Crippen molar-refractivity contribution in [3.05, 3.63) is 33.9 Å². The number of esters is 2. The van der Waals surface area contributed by atoms with E-state index in [0.29, 0.717) is 60.2 Å². The number of rotatable bonds is 7. The Bertz CT molecular complexity index is 1040. The molecule has 0 N–H and O–H groups in total. The van der Waals surface area contributed by atoms with Gasteiger partial charge in [-0.2, -0.15) is 18.6 Å². The molecule has 38 heavy (non-hydrogen) atoms. The number of carbonyl (C=O) groups is 2. The van der Waals surface area contributed by atoms with Crippen LogP contribution in [0.3, 0.4) is 0 Å². The molecule has 2 aromatic heterocycles. The average Bonchev–Trinajstić information content (AvgIpc) is 3.32. The van der Waals surface area contributed by atoms with Gasteiger partial charge in [-0.25, -0.2) is 9.59 Å². The van der Waals surface area contributed by atoms with E-state index >= 15 is 0 Å². The number of aromatic nitrogens is 4. The molecule has 2 aromatic rings. The third kappa shape index (κ3) is 19.0. The highest BCUT2D eigenvalue weighted by atomic mass is 36.0. The van der Waals surface area contributed by atoms with Crippen molar-refractivity contribution in [2.75, 3.05) is 25.0 Å². The van der Waals surface area contributed by atoms with E-state index in [0.717, 1.165) is 5.69 Å². The third-order valence-electron chi connectivity index (χ3n) is 3.58. The molecule has 0 saturated carbocycles. The van der Waals surface area contributed by atoms with Crippen LogP contribution in [0.1, 0.15) is 67.5 Å². The highest BCUT2D eigenvalue weighted by Crippen LogP contribution is 2.20. The Labute approximate surface area is 251 Å². The molecule has 0 atom stereocenters. The highest BCUT2D eigenvalue weighted by Gasteiger charge is 2.20. The zero-order valence-corrected chi connectivity index (χ0v) is 26.0. The lowest BCUT2D eigenvalue weighted by atomic mass is 10.3. The SMILES string of the molecule is C.CCOC(=O)c1c(Cl)c(C)nn1CC.CCOC(=O)c1cc(C)nn1CC.ClCCCl.O=S(=O)(Cl)Cl.[B]. The fourth-order valence-electron chi connectivity index (χ4n) is 2.34. The van der Waals surface area contributed by atoms with Gasteiger partial charge in [0.25, 0.3) is 0 Å². The normalized spacial score (nSPS) is 9.55. The predicted molar refractivity (Wildman–Crippen MR) is 157 cm³/mol. The maximum atomic E-state index is 11.5. The fourth-order valence-corrected chi connectivity index (χ4v) is 2.55. The van der Waals surface area contributed by atoms with Crippen molar-refractivity contribution in [3.63, 3.8) is 0 Å². The van der Waals surface area contributed by atoms with Crippen LogP contribution in [0.25, 0.3) is 0 Å². The lowest BCUT2D eigenvalue weighted by molar-refractivity contribution is 0.0502. The zero-order valence-electron chi connectivity index (χ0n) is 21.4. The monoisotopic (exact) mass is 657 g/mol. The van der Waals surface area contributed by atoms with Gasteiger partial charge in [-0.3, -0.25) is 9.36 Å². The number of carbonyl (C=O) groups excluding carboxylic acids is 2. The first-order valence-electron chi connectivity index (χ1n) is 10.6. The second-order valence-electron chi connectivity index (χ2n) is 6.25. The van der Waals surface area contributed by atoms with Gasteiger partial charge in [0.2, 0.25) is 0 Å². The van der Waals surface area contributed by atoms with Gasteiger partial charge in [-0.05, 0) is 47.6 Å². The molecular formula is C21H35BCl5N4O6S. The first-order chi connectivity index (χ1) is 16.7. The van der Waals surface area contributed by atoms with Crippen molar-refractivity contribution in [3.8, 4) is 0 Å². The van der Waals surface area contributed by atoms with Gasteiger partial charge in [-0.15, -0.1) is 23.2 Å². The highest BCUT2D eigenvalue weighted by molar-refractivity contribution is 8.31. The van der Waals surface area contributed by atoms with Gasteiger partial charge in [-0.1, -0.05) is 19.0 Å². The molecule has 3 radical (unpaired) electrons. The van der Waals surface area contributed by atoms with Crippen molar-refractivity contribution in [2.24, 2.45) is 0 Å². The summed E-state index contributed by atoms with van der Waals surface area (Å²) in [5.74, 6) is 0.397. The number of ether oxygens (including phenoxy) is 2. The summed E-state index contributed by atoms with van der Waals surface area (Å²) in [5, 5.41) is 8.64. The van der Waals surface area contributed by atoms with Crippen LogP contribution in [0.2, 0.25) is 5.02 Å². The average molecular weight is 660 g/mol. The maximum absolute atomic E-state index is 11.5. The summed E-state index contributed by atoms with van der Waals surface area (Å²) in [4.78, 5) is 22.8. The summed E-state index contributed by atoms with van der Waals surface area (Å²) < 4.78 is 31.3. The Kier molecular flexibility index (Phi) is 27.3. The van der Waals surface area contributed by atoms with Gasteiger partial charge in [0.15, 0.2) is 5.69 Å². The molecule has 0 saturated heterocycles. The fraction of sp³-hybridized carbons (Fsp3) is 0.619. The van der Waals surface area contributed by atoms with Gasteiger partial charge >= 0.3 is 20.2 Å². The first kappa shape index (κ1) is 43.9. The Morgan fingerprint density at radius 3 is 1.68 bits per heavy atom. The molecule has 0 amide bonds. The van der Waals surface area contributed by atoms with Crippen LogP contribution in [0.4, 0.5) is 0 Å². The molecule has 17 heteroatoms. The molecule has 0 aliphatic heterocycles. The summed E-state index contributed by atoms with van der Waals surface area (Å²) in [7, 11) is 4.81. The molecule has 0 unspecified atom stereocenters. The van der Waals surface area contributed by atoms with Crippen LogP contribution >= 0.6 is 56.2 Å². The molecular weight excluding hydrogens is 624 g/mol. The van der Waals surface area contributed by atoms with E-state index in [-0.39, 0.29) is 21.8 Å². The smallest absolute Gasteiger partial charge is 0.358 e. The van der Waals surface area contributed by atoms with Crippen molar-refractivity contribution in [1.82, 2.24) is 19.6 Å². The molecule has 0 spiro atoms. The zero-order chi connectivity index (χ0) is 28.5. The molecule has 0 bridgehead atoms. The third-order valence-corrected chi connectivity index (χ3v) is 4.60. The topological polar surface area (TPSA) is 122 Å². The van der Waals surface area contributed by atoms with Crippen molar-refractivity contribution in [2.45, 2.75) is 62.1 Å². The summed E-state index contributed by atoms with van der Waals surface area (Å²) in [6.07, 6.45) is 0. The molecule has 2 heterocycles. The van der Waals surface area contributed by atoms with Crippen LogP contribution in [0.5, 0.6) is 0 Å². The van der Waals surface area contributed by atoms with E-state index in [1.165, 1.54) is 0 Å². The van der Waals surface area contributed by atoms with Gasteiger partial charge < -0.3 is 9.47 Å². The van der Waals surface area contributed by atoms with Crippen LogP contribution in [0, 0.1) is 13.8 Å². The molecule has 0 aliphatic rings. The molecule has 10 nitrogen and oxygen atoms in total. The van der Waals surface area contributed by atoms with Gasteiger partial charge in [0, 0.05) is 54.6 Å². The lowest BCUT2D eigenvalue weighted by Crippen LogP contribution is -2.12. The minimum Gasteiger partial charge on any atom is -0.461 e. The van der Waals surface area contributed by atoms with Crippen molar-refractivity contribution >= 4 is 84.8 Å². The Morgan fingerprint density at radius 2 is 1.32 bits per heavy atom. The second-order valence-corrected chi connectivity index (χ2v) is 11.0. The maximum Gasteiger partial charge on any atom is 0.358 e. The minimum atomic E-state index is -3.72. The van der Waals surface area contributed by atoms with Crippen LogP contribution in [-0.2, 0) is 30.8 Å². The summed E-state index contributed by atoms with van der Waals surface area (Å²) in [6.45, 7) is 13.0. The van der Waals surface area contributed by atoms with Crippen LogP contribution < -0.4 is 0 Å². The number of hydrogen-bond donors (Lipinski definition) is 0. The Hall–Kier alpha value is -1.18. The van der Waals surface area contributed by atoms with Crippen molar-refractivity contribution < 1.29 is 27.5 Å². The second kappa shape index (κ2) is 23.7. The van der Waals surface area contributed by atoms with E-state index in [1.54, 1.807) is 36.2 Å².